The third kappa shape index (κ3) is 4.88. The quantitative estimate of drug-likeness (QED) is 0.442. The molecule has 162 valence electrons. The second-order valence-electron chi connectivity index (χ2n) is 6.73. The van der Waals surface area contributed by atoms with Crippen LogP contribution >= 0.6 is 0 Å². The second kappa shape index (κ2) is 8.43. The van der Waals surface area contributed by atoms with Gasteiger partial charge in [-0.05, 0) is 42.0 Å². The molecule has 0 amide bonds. The fourth-order valence-corrected chi connectivity index (χ4v) is 4.36. The first-order chi connectivity index (χ1) is 14.5. The van der Waals surface area contributed by atoms with Crippen LogP contribution in [0.2, 0.25) is 0 Å². The number of anilines is 1. The van der Waals surface area contributed by atoms with E-state index < -0.39 is 33.0 Å². The van der Waals surface area contributed by atoms with Crippen molar-refractivity contribution in [2.45, 2.75) is 16.8 Å². The van der Waals surface area contributed by atoms with Crippen molar-refractivity contribution in [2.75, 3.05) is 12.8 Å². The Morgan fingerprint density at radius 2 is 1.61 bits per heavy atom. The highest BCUT2D eigenvalue weighted by molar-refractivity contribution is 7.90. The molecule has 0 aromatic heterocycles. The smallest absolute Gasteiger partial charge is 0.418 e. The van der Waals surface area contributed by atoms with E-state index in [1.165, 1.54) is 31.4 Å². The van der Waals surface area contributed by atoms with Gasteiger partial charge in [0.05, 0.1) is 29.0 Å². The molecule has 9 heteroatoms. The minimum Gasteiger partial charge on any atom is -0.497 e. The van der Waals surface area contributed by atoms with E-state index in [0.29, 0.717) is 11.6 Å². The zero-order chi connectivity index (χ0) is 22.8. The van der Waals surface area contributed by atoms with Crippen molar-refractivity contribution >= 4 is 21.3 Å². The molecule has 0 saturated heterocycles. The van der Waals surface area contributed by atoms with Gasteiger partial charge < -0.3 is 10.5 Å². The Labute approximate surface area is 177 Å². The van der Waals surface area contributed by atoms with Crippen molar-refractivity contribution in [1.82, 2.24) is 0 Å². The zero-order valence-electron chi connectivity index (χ0n) is 16.3. The lowest BCUT2D eigenvalue weighted by molar-refractivity contribution is -0.137. The average molecular weight is 449 g/mol. The van der Waals surface area contributed by atoms with Crippen LogP contribution in [0, 0.1) is 0 Å². The Kier molecular flexibility index (Phi) is 6.08. The third-order valence-electron chi connectivity index (χ3n) is 4.61. The van der Waals surface area contributed by atoms with Crippen LogP contribution in [0.25, 0.3) is 0 Å². The normalized spacial score (nSPS) is 11.9. The summed E-state index contributed by atoms with van der Waals surface area (Å²) in [5.74, 6) is -1.18. The number of nitrogen functional groups attached to an aromatic ring is 1. The number of halogens is 3. The summed E-state index contributed by atoms with van der Waals surface area (Å²) in [5, 5.41) is 0. The van der Waals surface area contributed by atoms with Crippen molar-refractivity contribution in [3.63, 3.8) is 0 Å². The number of sulfone groups is 1. The first-order valence-corrected chi connectivity index (χ1v) is 10.6. The number of ketones is 1. The highest BCUT2D eigenvalue weighted by Crippen LogP contribution is 2.38. The summed E-state index contributed by atoms with van der Waals surface area (Å²) in [4.78, 5) is 12.8. The first kappa shape index (κ1) is 22.4. The van der Waals surface area contributed by atoms with Crippen molar-refractivity contribution in [3.05, 3.63) is 89.0 Å². The number of hydrogen-bond acceptors (Lipinski definition) is 5. The molecule has 3 rings (SSSR count). The topological polar surface area (TPSA) is 86.5 Å². The fourth-order valence-electron chi connectivity index (χ4n) is 3.01. The molecule has 0 aliphatic heterocycles. The Morgan fingerprint density at radius 3 is 2.16 bits per heavy atom. The van der Waals surface area contributed by atoms with E-state index in [-0.39, 0.29) is 27.5 Å². The highest BCUT2D eigenvalue weighted by atomic mass is 32.2. The number of carbonyl (C=O) groups is 1. The summed E-state index contributed by atoms with van der Waals surface area (Å²) in [6, 6.07) is 15.4. The Bertz CT molecular complexity index is 1210. The van der Waals surface area contributed by atoms with Crippen molar-refractivity contribution in [3.8, 4) is 5.75 Å². The molecule has 0 atom stereocenters. The average Bonchev–Trinajstić information content (AvgIpc) is 2.73. The van der Waals surface area contributed by atoms with E-state index in [0.717, 1.165) is 6.07 Å². The largest absolute Gasteiger partial charge is 0.497 e. The molecule has 0 radical (unpaired) electrons. The Hall–Kier alpha value is -3.33. The van der Waals surface area contributed by atoms with Gasteiger partial charge in [0.1, 0.15) is 5.75 Å². The summed E-state index contributed by atoms with van der Waals surface area (Å²) >= 11 is 0. The van der Waals surface area contributed by atoms with Crippen LogP contribution in [0.15, 0.2) is 71.6 Å². The van der Waals surface area contributed by atoms with Crippen LogP contribution in [0.5, 0.6) is 5.75 Å². The number of carbonyl (C=O) groups excluding carboxylic acids is 1. The van der Waals surface area contributed by atoms with E-state index in [9.17, 15) is 26.4 Å². The standard InChI is InChI=1S/C22H18F3NO4S/c1-30-16-11-18(20(26)19(12-16)22(23,24)25)21(27)15-7-9-17(10-8-15)31(28,29)13-14-5-3-2-4-6-14/h2-12H,13,26H2,1H3. The zero-order valence-corrected chi connectivity index (χ0v) is 17.1. The number of methoxy groups -OCH3 is 1. The maximum Gasteiger partial charge on any atom is 0.418 e. The number of rotatable bonds is 6. The maximum absolute atomic E-state index is 13.3. The molecule has 0 spiro atoms. The molecule has 3 aromatic rings. The lowest BCUT2D eigenvalue weighted by Gasteiger charge is -2.15. The minimum atomic E-state index is -4.77. The maximum atomic E-state index is 13.3. The van der Waals surface area contributed by atoms with Crippen LogP contribution in [-0.2, 0) is 21.8 Å². The molecule has 0 unspecified atom stereocenters. The van der Waals surface area contributed by atoms with Gasteiger partial charge in [0.2, 0.25) is 0 Å². The van der Waals surface area contributed by atoms with E-state index in [1.807, 2.05) is 0 Å². The Morgan fingerprint density at radius 1 is 1.00 bits per heavy atom. The van der Waals surface area contributed by atoms with Gasteiger partial charge in [0.25, 0.3) is 0 Å². The van der Waals surface area contributed by atoms with Gasteiger partial charge in [-0.2, -0.15) is 13.2 Å². The molecule has 2 N–H and O–H groups in total. The van der Waals surface area contributed by atoms with Crippen LogP contribution in [0.4, 0.5) is 18.9 Å². The number of nitrogens with two attached hydrogens (primary N) is 1. The number of hydrogen-bond donors (Lipinski definition) is 1. The summed E-state index contributed by atoms with van der Waals surface area (Å²) in [7, 11) is -2.50. The molecule has 0 heterocycles. The molecule has 3 aromatic carbocycles. The van der Waals surface area contributed by atoms with Gasteiger partial charge in [-0.1, -0.05) is 30.3 Å². The van der Waals surface area contributed by atoms with E-state index in [1.54, 1.807) is 30.3 Å². The predicted molar refractivity (Wildman–Crippen MR) is 110 cm³/mol. The number of benzene rings is 3. The lowest BCUT2D eigenvalue weighted by Crippen LogP contribution is -2.14. The van der Waals surface area contributed by atoms with Crippen molar-refractivity contribution in [2.24, 2.45) is 0 Å². The number of ether oxygens (including phenoxy) is 1. The molecule has 0 aliphatic rings. The molecule has 5 nitrogen and oxygen atoms in total. The van der Waals surface area contributed by atoms with Gasteiger partial charge >= 0.3 is 6.18 Å². The summed E-state index contributed by atoms with van der Waals surface area (Å²) < 4.78 is 69.8. The SMILES string of the molecule is COc1cc(C(=O)c2ccc(S(=O)(=O)Cc3ccccc3)cc2)c(N)c(C(F)(F)F)c1. The fraction of sp³-hybridized carbons (Fsp3) is 0.136. The lowest BCUT2D eigenvalue weighted by atomic mass is 9.98. The van der Waals surface area contributed by atoms with Crippen molar-refractivity contribution < 1.29 is 31.1 Å². The van der Waals surface area contributed by atoms with E-state index >= 15 is 0 Å². The molecule has 0 aliphatic carbocycles. The monoisotopic (exact) mass is 449 g/mol. The minimum absolute atomic E-state index is 0.00765. The molecule has 0 bridgehead atoms. The predicted octanol–water partition coefficient (Wildman–Crippen LogP) is 4.50. The Balaban J connectivity index is 1.94. The summed E-state index contributed by atoms with van der Waals surface area (Å²) in [5.41, 5.74) is 3.93. The van der Waals surface area contributed by atoms with Crippen molar-refractivity contribution in [1.29, 1.82) is 0 Å². The van der Waals surface area contributed by atoms with Crippen LogP contribution in [0.1, 0.15) is 27.0 Å². The molecule has 0 saturated carbocycles. The second-order valence-corrected chi connectivity index (χ2v) is 8.72. The molecular formula is C22H18F3NO4S. The van der Waals surface area contributed by atoms with Gasteiger partial charge in [0.15, 0.2) is 15.6 Å². The number of alkyl halides is 3. The van der Waals surface area contributed by atoms with Gasteiger partial charge in [-0.3, -0.25) is 4.79 Å². The van der Waals surface area contributed by atoms with E-state index in [2.05, 4.69) is 0 Å². The van der Waals surface area contributed by atoms with Crippen LogP contribution < -0.4 is 10.5 Å². The summed E-state index contributed by atoms with van der Waals surface area (Å²) in [6.45, 7) is 0. The van der Waals surface area contributed by atoms with Crippen LogP contribution in [0.3, 0.4) is 0 Å². The third-order valence-corrected chi connectivity index (χ3v) is 6.32. The molecular weight excluding hydrogens is 431 g/mol. The van der Waals surface area contributed by atoms with Gasteiger partial charge in [-0.15, -0.1) is 0 Å². The van der Waals surface area contributed by atoms with Gasteiger partial charge in [0, 0.05) is 11.1 Å². The van der Waals surface area contributed by atoms with E-state index in [4.69, 9.17) is 10.5 Å². The first-order valence-electron chi connectivity index (χ1n) is 8.99. The highest BCUT2D eigenvalue weighted by Gasteiger charge is 2.35. The van der Waals surface area contributed by atoms with Gasteiger partial charge in [-0.25, -0.2) is 8.42 Å². The molecule has 0 fully saturated rings. The van der Waals surface area contributed by atoms with Crippen LogP contribution in [-0.4, -0.2) is 21.3 Å². The summed E-state index contributed by atoms with van der Waals surface area (Å²) in [6.07, 6.45) is -4.77. The molecule has 31 heavy (non-hydrogen) atoms.